The minimum Gasteiger partial charge on any atom is -0.497 e. The van der Waals surface area contributed by atoms with Gasteiger partial charge < -0.3 is 20.5 Å². The van der Waals surface area contributed by atoms with E-state index in [0.29, 0.717) is 42.9 Å². The second kappa shape index (κ2) is 5.27. The highest BCUT2D eigenvalue weighted by Crippen LogP contribution is 2.21. The zero-order valence-electron chi connectivity index (χ0n) is 10.4. The Morgan fingerprint density at radius 2 is 2.06 bits per heavy atom. The molecule has 1 aliphatic rings. The summed E-state index contributed by atoms with van der Waals surface area (Å²) in [6.45, 7) is 1.16. The molecule has 1 saturated heterocycles. The van der Waals surface area contributed by atoms with Crippen LogP contribution < -0.4 is 10.5 Å². The minimum absolute atomic E-state index is 0.0625. The van der Waals surface area contributed by atoms with Gasteiger partial charge in [-0.05, 0) is 25.0 Å². The Kier molecular flexibility index (Phi) is 3.72. The number of anilines is 1. The molecule has 1 amide bonds. The van der Waals surface area contributed by atoms with Gasteiger partial charge in [0.25, 0.3) is 5.91 Å². The van der Waals surface area contributed by atoms with Gasteiger partial charge in [0.2, 0.25) is 0 Å². The molecule has 1 aromatic carbocycles. The molecular formula is C13H18N2O3. The Bertz CT molecular complexity index is 440. The summed E-state index contributed by atoms with van der Waals surface area (Å²) < 4.78 is 5.10. The number of hydrogen-bond donors (Lipinski definition) is 2. The van der Waals surface area contributed by atoms with Gasteiger partial charge in [-0.2, -0.15) is 0 Å². The van der Waals surface area contributed by atoms with Crippen molar-refractivity contribution in [1.82, 2.24) is 4.90 Å². The molecule has 0 bridgehead atoms. The fourth-order valence-electron chi connectivity index (χ4n) is 2.11. The van der Waals surface area contributed by atoms with Crippen molar-refractivity contribution < 1.29 is 14.6 Å². The van der Waals surface area contributed by atoms with E-state index in [4.69, 9.17) is 10.5 Å². The molecule has 0 saturated carbocycles. The van der Waals surface area contributed by atoms with Crippen LogP contribution in [0.3, 0.4) is 0 Å². The number of likely N-dealkylation sites (tertiary alicyclic amines) is 1. The second-order valence-electron chi connectivity index (χ2n) is 4.52. The van der Waals surface area contributed by atoms with E-state index in [0.717, 1.165) is 0 Å². The van der Waals surface area contributed by atoms with Gasteiger partial charge in [0.15, 0.2) is 0 Å². The third-order valence-electron chi connectivity index (χ3n) is 3.16. The first kappa shape index (κ1) is 12.7. The van der Waals surface area contributed by atoms with Gasteiger partial charge in [0, 0.05) is 30.4 Å². The average molecular weight is 250 g/mol. The number of aliphatic hydroxyl groups excluding tert-OH is 1. The molecule has 3 N–H and O–H groups in total. The van der Waals surface area contributed by atoms with Crippen molar-refractivity contribution >= 4 is 11.6 Å². The van der Waals surface area contributed by atoms with Crippen LogP contribution in [0.2, 0.25) is 0 Å². The SMILES string of the molecule is COc1cc(N)cc(C(=O)N2CCC(O)CC2)c1. The molecule has 1 fully saturated rings. The van der Waals surface area contributed by atoms with Gasteiger partial charge in [0.05, 0.1) is 13.2 Å². The van der Waals surface area contributed by atoms with Gasteiger partial charge in [-0.3, -0.25) is 4.79 Å². The number of piperidine rings is 1. The lowest BCUT2D eigenvalue weighted by atomic mass is 10.1. The Morgan fingerprint density at radius 1 is 1.39 bits per heavy atom. The Labute approximate surface area is 106 Å². The van der Waals surface area contributed by atoms with Crippen LogP contribution in [0.1, 0.15) is 23.2 Å². The molecule has 98 valence electrons. The third kappa shape index (κ3) is 2.73. The molecule has 1 aromatic rings. The molecule has 0 radical (unpaired) electrons. The van der Waals surface area contributed by atoms with Crippen molar-refractivity contribution in [2.24, 2.45) is 0 Å². The zero-order chi connectivity index (χ0) is 13.1. The van der Waals surface area contributed by atoms with E-state index in [1.807, 2.05) is 0 Å². The van der Waals surface area contributed by atoms with Crippen LogP contribution in [-0.4, -0.2) is 42.2 Å². The molecule has 0 aromatic heterocycles. The number of aliphatic hydroxyl groups is 1. The van der Waals surface area contributed by atoms with E-state index in [-0.39, 0.29) is 12.0 Å². The molecule has 5 heteroatoms. The molecule has 18 heavy (non-hydrogen) atoms. The van der Waals surface area contributed by atoms with Crippen molar-refractivity contribution in [3.8, 4) is 5.75 Å². The van der Waals surface area contributed by atoms with Gasteiger partial charge in [-0.25, -0.2) is 0 Å². The quantitative estimate of drug-likeness (QED) is 0.764. The third-order valence-corrected chi connectivity index (χ3v) is 3.16. The van der Waals surface area contributed by atoms with E-state index < -0.39 is 0 Å². The molecular weight excluding hydrogens is 232 g/mol. The summed E-state index contributed by atoms with van der Waals surface area (Å²) >= 11 is 0. The van der Waals surface area contributed by atoms with Crippen LogP contribution in [0.5, 0.6) is 5.75 Å². The van der Waals surface area contributed by atoms with E-state index >= 15 is 0 Å². The molecule has 0 aliphatic carbocycles. The Hall–Kier alpha value is -1.75. The number of nitrogen functional groups attached to an aromatic ring is 1. The van der Waals surface area contributed by atoms with E-state index in [1.54, 1.807) is 30.2 Å². The maximum Gasteiger partial charge on any atom is 0.254 e. The lowest BCUT2D eigenvalue weighted by molar-refractivity contribution is 0.0546. The number of ether oxygens (including phenoxy) is 1. The summed E-state index contributed by atoms with van der Waals surface area (Å²) in [5.41, 5.74) is 6.77. The van der Waals surface area contributed by atoms with Gasteiger partial charge >= 0.3 is 0 Å². The van der Waals surface area contributed by atoms with E-state index in [9.17, 15) is 9.90 Å². The Morgan fingerprint density at radius 3 is 2.67 bits per heavy atom. The lowest BCUT2D eigenvalue weighted by Gasteiger charge is -2.29. The van der Waals surface area contributed by atoms with Crippen molar-refractivity contribution in [3.05, 3.63) is 23.8 Å². The lowest BCUT2D eigenvalue weighted by Crippen LogP contribution is -2.40. The topological polar surface area (TPSA) is 75.8 Å². The monoisotopic (exact) mass is 250 g/mol. The van der Waals surface area contributed by atoms with Gasteiger partial charge in [-0.15, -0.1) is 0 Å². The normalized spacial score (nSPS) is 16.7. The molecule has 2 rings (SSSR count). The first-order valence-corrected chi connectivity index (χ1v) is 6.02. The highest BCUT2D eigenvalue weighted by molar-refractivity contribution is 5.95. The largest absolute Gasteiger partial charge is 0.497 e. The predicted molar refractivity (Wildman–Crippen MR) is 68.6 cm³/mol. The summed E-state index contributed by atoms with van der Waals surface area (Å²) in [7, 11) is 1.54. The summed E-state index contributed by atoms with van der Waals surface area (Å²) in [5.74, 6) is 0.517. The number of benzene rings is 1. The van der Waals surface area contributed by atoms with E-state index in [2.05, 4.69) is 0 Å². The maximum absolute atomic E-state index is 12.3. The van der Waals surface area contributed by atoms with Crippen molar-refractivity contribution in [2.75, 3.05) is 25.9 Å². The molecule has 1 aliphatic heterocycles. The van der Waals surface area contributed by atoms with Gasteiger partial charge in [0.1, 0.15) is 5.75 Å². The molecule has 0 spiro atoms. The second-order valence-corrected chi connectivity index (χ2v) is 4.52. The number of amides is 1. The standard InChI is InChI=1S/C13H18N2O3/c1-18-12-7-9(6-10(14)8-12)13(17)15-4-2-11(16)3-5-15/h6-8,11,16H,2-5,14H2,1H3. The zero-order valence-corrected chi connectivity index (χ0v) is 10.4. The van der Waals surface area contributed by atoms with Crippen LogP contribution in [0, 0.1) is 0 Å². The van der Waals surface area contributed by atoms with Crippen molar-refractivity contribution in [3.63, 3.8) is 0 Å². The first-order valence-electron chi connectivity index (χ1n) is 6.02. The number of carbonyl (C=O) groups is 1. The smallest absolute Gasteiger partial charge is 0.254 e. The number of methoxy groups -OCH3 is 1. The average Bonchev–Trinajstić information content (AvgIpc) is 2.38. The number of nitrogens with zero attached hydrogens (tertiary/aromatic N) is 1. The summed E-state index contributed by atoms with van der Waals surface area (Å²) in [4.78, 5) is 14.0. The fraction of sp³-hybridized carbons (Fsp3) is 0.462. The van der Waals surface area contributed by atoms with Crippen LogP contribution in [0.4, 0.5) is 5.69 Å². The molecule has 0 atom stereocenters. The van der Waals surface area contributed by atoms with Crippen molar-refractivity contribution in [2.45, 2.75) is 18.9 Å². The number of hydrogen-bond acceptors (Lipinski definition) is 4. The van der Waals surface area contributed by atoms with Crippen LogP contribution in [-0.2, 0) is 0 Å². The number of rotatable bonds is 2. The Balaban J connectivity index is 2.15. The van der Waals surface area contributed by atoms with Crippen LogP contribution in [0.25, 0.3) is 0 Å². The summed E-state index contributed by atoms with van der Waals surface area (Å²) in [6, 6.07) is 5.01. The predicted octanol–water partition coefficient (Wildman–Crippen LogP) is 0.874. The first-order chi connectivity index (χ1) is 8.60. The van der Waals surface area contributed by atoms with E-state index in [1.165, 1.54) is 0 Å². The molecule has 0 unspecified atom stereocenters. The van der Waals surface area contributed by atoms with Crippen LogP contribution in [0.15, 0.2) is 18.2 Å². The summed E-state index contributed by atoms with van der Waals surface area (Å²) in [5, 5.41) is 9.43. The van der Waals surface area contributed by atoms with Gasteiger partial charge in [-0.1, -0.05) is 0 Å². The molecule has 1 heterocycles. The van der Waals surface area contributed by atoms with Crippen molar-refractivity contribution in [1.29, 1.82) is 0 Å². The fourth-order valence-corrected chi connectivity index (χ4v) is 2.11. The summed E-state index contributed by atoms with van der Waals surface area (Å²) in [6.07, 6.45) is 0.973. The molecule has 5 nitrogen and oxygen atoms in total. The highest BCUT2D eigenvalue weighted by atomic mass is 16.5. The maximum atomic E-state index is 12.3. The number of carbonyl (C=O) groups excluding carboxylic acids is 1. The minimum atomic E-state index is -0.288. The number of nitrogens with two attached hydrogens (primary N) is 1. The highest BCUT2D eigenvalue weighted by Gasteiger charge is 2.22. The van der Waals surface area contributed by atoms with Crippen LogP contribution >= 0.6 is 0 Å².